The normalized spacial score (nSPS) is 12.1. The molecule has 4 nitrogen and oxygen atoms in total. The Kier molecular flexibility index (Phi) is 3.92. The summed E-state index contributed by atoms with van der Waals surface area (Å²) in [7, 11) is 0. The number of hydrogen-bond acceptors (Lipinski definition) is 4. The van der Waals surface area contributed by atoms with Crippen molar-refractivity contribution in [2.45, 2.75) is 26.8 Å². The van der Waals surface area contributed by atoms with Gasteiger partial charge in [-0.3, -0.25) is 0 Å². The van der Waals surface area contributed by atoms with Crippen LogP contribution in [0.25, 0.3) is 11.5 Å². The van der Waals surface area contributed by atoms with Crippen LogP contribution in [0.5, 0.6) is 0 Å². The SMILES string of the molecule is Cc1cccc(N[C@@H](C)c2nnc(-c3cccc(C)c3)o2)c1. The fraction of sp³-hybridized carbons (Fsp3) is 0.222. The number of hydrogen-bond donors (Lipinski definition) is 1. The zero-order chi connectivity index (χ0) is 15.5. The van der Waals surface area contributed by atoms with Crippen LogP contribution in [0.15, 0.2) is 52.9 Å². The Morgan fingerprint density at radius 2 is 1.68 bits per heavy atom. The second-order valence-corrected chi connectivity index (χ2v) is 5.55. The molecule has 0 aliphatic carbocycles. The smallest absolute Gasteiger partial charge is 0.247 e. The number of aryl methyl sites for hydroxylation is 2. The maximum absolute atomic E-state index is 5.80. The maximum Gasteiger partial charge on any atom is 0.247 e. The molecule has 3 rings (SSSR count). The van der Waals surface area contributed by atoms with Crippen molar-refractivity contribution in [1.29, 1.82) is 0 Å². The van der Waals surface area contributed by atoms with Crippen molar-refractivity contribution in [2.24, 2.45) is 0 Å². The van der Waals surface area contributed by atoms with Crippen LogP contribution in [0.4, 0.5) is 5.69 Å². The second-order valence-electron chi connectivity index (χ2n) is 5.55. The highest BCUT2D eigenvalue weighted by Gasteiger charge is 2.15. The summed E-state index contributed by atoms with van der Waals surface area (Å²) in [6, 6.07) is 16.2. The monoisotopic (exact) mass is 293 g/mol. The van der Waals surface area contributed by atoms with E-state index < -0.39 is 0 Å². The summed E-state index contributed by atoms with van der Waals surface area (Å²) in [5, 5.41) is 11.7. The second kappa shape index (κ2) is 6.02. The molecule has 1 atom stereocenters. The van der Waals surface area contributed by atoms with Crippen molar-refractivity contribution >= 4 is 5.69 Å². The van der Waals surface area contributed by atoms with Crippen molar-refractivity contribution in [2.75, 3.05) is 5.32 Å². The number of rotatable bonds is 4. The lowest BCUT2D eigenvalue weighted by atomic mass is 10.1. The molecule has 0 aliphatic heterocycles. The van der Waals surface area contributed by atoms with Crippen LogP contribution in [0.1, 0.15) is 30.0 Å². The van der Waals surface area contributed by atoms with E-state index in [0.29, 0.717) is 11.8 Å². The zero-order valence-electron chi connectivity index (χ0n) is 13.0. The van der Waals surface area contributed by atoms with E-state index >= 15 is 0 Å². The molecule has 0 fully saturated rings. The van der Waals surface area contributed by atoms with E-state index in [9.17, 15) is 0 Å². The average molecular weight is 293 g/mol. The molecule has 0 saturated carbocycles. The number of aromatic nitrogens is 2. The maximum atomic E-state index is 5.80. The summed E-state index contributed by atoms with van der Waals surface area (Å²) in [6.45, 7) is 6.12. The Morgan fingerprint density at radius 1 is 0.955 bits per heavy atom. The fourth-order valence-electron chi connectivity index (χ4n) is 2.35. The van der Waals surface area contributed by atoms with Gasteiger partial charge >= 0.3 is 0 Å². The Hall–Kier alpha value is -2.62. The van der Waals surface area contributed by atoms with E-state index in [1.807, 2.05) is 50.2 Å². The van der Waals surface area contributed by atoms with Gasteiger partial charge in [0.1, 0.15) is 6.04 Å². The highest BCUT2D eigenvalue weighted by molar-refractivity contribution is 5.53. The van der Waals surface area contributed by atoms with Gasteiger partial charge in [-0.25, -0.2) is 0 Å². The Bertz CT molecular complexity index is 779. The summed E-state index contributed by atoms with van der Waals surface area (Å²) in [5.74, 6) is 1.13. The van der Waals surface area contributed by atoms with Crippen molar-refractivity contribution < 1.29 is 4.42 Å². The predicted octanol–water partition coefficient (Wildman–Crippen LogP) is 4.53. The number of nitrogens with one attached hydrogen (secondary N) is 1. The Balaban J connectivity index is 1.78. The summed E-state index contributed by atoms with van der Waals surface area (Å²) in [6.07, 6.45) is 0. The molecule has 0 saturated heterocycles. The topological polar surface area (TPSA) is 51.0 Å². The van der Waals surface area contributed by atoms with Crippen molar-refractivity contribution in [3.8, 4) is 11.5 Å². The van der Waals surface area contributed by atoms with Crippen LogP contribution in [-0.2, 0) is 0 Å². The van der Waals surface area contributed by atoms with Crippen LogP contribution in [0.3, 0.4) is 0 Å². The molecule has 22 heavy (non-hydrogen) atoms. The van der Waals surface area contributed by atoms with Gasteiger partial charge in [0.05, 0.1) is 0 Å². The molecule has 0 unspecified atom stereocenters. The lowest BCUT2D eigenvalue weighted by Gasteiger charge is -2.11. The first-order valence-corrected chi connectivity index (χ1v) is 7.35. The van der Waals surface area contributed by atoms with Gasteiger partial charge < -0.3 is 9.73 Å². The van der Waals surface area contributed by atoms with Crippen molar-refractivity contribution in [3.05, 3.63) is 65.5 Å². The first kappa shape index (κ1) is 14.3. The molecular weight excluding hydrogens is 274 g/mol. The Morgan fingerprint density at radius 3 is 2.41 bits per heavy atom. The molecule has 3 aromatic rings. The Labute approximate surface area is 130 Å². The minimum Gasteiger partial charge on any atom is -0.418 e. The van der Waals surface area contributed by atoms with Crippen molar-refractivity contribution in [1.82, 2.24) is 10.2 Å². The lowest BCUT2D eigenvalue weighted by Crippen LogP contribution is -2.07. The minimum atomic E-state index is -0.0483. The van der Waals surface area contributed by atoms with E-state index in [0.717, 1.165) is 11.3 Å². The van der Waals surface area contributed by atoms with Gasteiger partial charge in [0.25, 0.3) is 0 Å². The molecule has 0 aliphatic rings. The highest BCUT2D eigenvalue weighted by atomic mass is 16.4. The molecule has 0 amide bonds. The third kappa shape index (κ3) is 3.17. The van der Waals surface area contributed by atoms with Crippen molar-refractivity contribution in [3.63, 3.8) is 0 Å². The predicted molar refractivity (Wildman–Crippen MR) is 87.7 cm³/mol. The quantitative estimate of drug-likeness (QED) is 0.768. The summed E-state index contributed by atoms with van der Waals surface area (Å²) >= 11 is 0. The molecular formula is C18H19N3O. The summed E-state index contributed by atoms with van der Waals surface area (Å²) < 4.78 is 5.80. The first-order valence-electron chi connectivity index (χ1n) is 7.35. The van der Waals surface area contributed by atoms with E-state index in [-0.39, 0.29) is 6.04 Å². The van der Waals surface area contributed by atoms with E-state index in [4.69, 9.17) is 4.42 Å². The van der Waals surface area contributed by atoms with Gasteiger partial charge in [-0.05, 0) is 50.6 Å². The highest BCUT2D eigenvalue weighted by Crippen LogP contribution is 2.23. The fourth-order valence-corrected chi connectivity index (χ4v) is 2.35. The molecule has 0 bridgehead atoms. The van der Waals surface area contributed by atoms with E-state index in [2.05, 4.69) is 34.6 Å². The van der Waals surface area contributed by atoms with Gasteiger partial charge in [0, 0.05) is 11.3 Å². The third-order valence-electron chi connectivity index (χ3n) is 3.48. The van der Waals surface area contributed by atoms with Crippen LogP contribution in [0.2, 0.25) is 0 Å². The van der Waals surface area contributed by atoms with Gasteiger partial charge in [0.15, 0.2) is 0 Å². The van der Waals surface area contributed by atoms with Gasteiger partial charge in [-0.2, -0.15) is 0 Å². The van der Waals surface area contributed by atoms with Gasteiger partial charge in [-0.1, -0.05) is 29.8 Å². The molecule has 0 radical (unpaired) electrons. The number of nitrogens with zero attached hydrogens (tertiary/aromatic N) is 2. The summed E-state index contributed by atoms with van der Waals surface area (Å²) in [4.78, 5) is 0. The molecule has 112 valence electrons. The van der Waals surface area contributed by atoms with E-state index in [1.54, 1.807) is 0 Å². The number of benzene rings is 2. The van der Waals surface area contributed by atoms with Crippen LogP contribution >= 0.6 is 0 Å². The molecule has 4 heteroatoms. The third-order valence-corrected chi connectivity index (χ3v) is 3.48. The van der Waals surface area contributed by atoms with Crippen LogP contribution < -0.4 is 5.32 Å². The zero-order valence-corrected chi connectivity index (χ0v) is 13.0. The number of anilines is 1. The van der Waals surface area contributed by atoms with Gasteiger partial charge in [0.2, 0.25) is 11.8 Å². The van der Waals surface area contributed by atoms with Crippen LogP contribution in [0, 0.1) is 13.8 Å². The molecule has 1 N–H and O–H groups in total. The average Bonchev–Trinajstić information content (AvgIpc) is 2.97. The lowest BCUT2D eigenvalue weighted by molar-refractivity contribution is 0.485. The first-order chi connectivity index (χ1) is 10.6. The largest absolute Gasteiger partial charge is 0.418 e. The summed E-state index contributed by atoms with van der Waals surface area (Å²) in [5.41, 5.74) is 4.37. The standard InChI is InChI=1S/C18H19N3O/c1-12-6-4-8-15(10-12)18-21-20-17(22-18)14(3)19-16-9-5-7-13(2)11-16/h4-11,14,19H,1-3H3/t14-/m0/s1. The minimum absolute atomic E-state index is 0.0483. The van der Waals surface area contributed by atoms with E-state index in [1.165, 1.54) is 11.1 Å². The van der Waals surface area contributed by atoms with Gasteiger partial charge in [-0.15, -0.1) is 10.2 Å². The molecule has 2 aromatic carbocycles. The molecule has 1 heterocycles. The molecule has 0 spiro atoms. The molecule has 1 aromatic heterocycles. The van der Waals surface area contributed by atoms with Crippen LogP contribution in [-0.4, -0.2) is 10.2 Å².